The van der Waals surface area contributed by atoms with Crippen LogP contribution in [0.15, 0.2) is 42.6 Å². The summed E-state index contributed by atoms with van der Waals surface area (Å²) < 4.78 is 0. The molecular weight excluding hydrogens is 300 g/mol. The molecule has 0 spiro atoms. The number of nitrogens with one attached hydrogen (secondary N) is 1. The minimum atomic E-state index is -0.369. The molecule has 1 aromatic heterocycles. The Morgan fingerprint density at radius 3 is 3.04 bits per heavy atom. The van der Waals surface area contributed by atoms with Gasteiger partial charge >= 0.3 is 0 Å². The summed E-state index contributed by atoms with van der Waals surface area (Å²) in [6.45, 7) is 6.01. The Morgan fingerprint density at radius 1 is 1.38 bits per heavy atom. The monoisotopic (exact) mass is 324 g/mol. The first-order chi connectivity index (χ1) is 11.6. The minimum absolute atomic E-state index is 0.369. The first kappa shape index (κ1) is 16.5. The number of hydrogen-bond acceptors (Lipinski definition) is 4. The lowest BCUT2D eigenvalue weighted by Crippen LogP contribution is -2.23. The number of nitrogens with zero attached hydrogens (tertiary/aromatic N) is 2. The van der Waals surface area contributed by atoms with E-state index < -0.39 is 0 Å². The van der Waals surface area contributed by atoms with Crippen molar-refractivity contribution in [3.8, 4) is 0 Å². The van der Waals surface area contributed by atoms with E-state index in [2.05, 4.69) is 34.3 Å². The summed E-state index contributed by atoms with van der Waals surface area (Å²) >= 11 is 0. The molecule has 1 saturated heterocycles. The highest BCUT2D eigenvalue weighted by Gasteiger charge is 2.22. The summed E-state index contributed by atoms with van der Waals surface area (Å²) in [5.74, 6) is 1.19. The molecule has 0 radical (unpaired) electrons. The Labute approximate surface area is 142 Å². The van der Waals surface area contributed by atoms with Crippen molar-refractivity contribution in [3.05, 3.63) is 59.3 Å². The van der Waals surface area contributed by atoms with Crippen LogP contribution in [0.4, 0.5) is 5.82 Å². The number of amides is 1. The molecule has 1 atom stereocenters. The zero-order chi connectivity index (χ0) is 16.9. The highest BCUT2D eigenvalue weighted by Crippen LogP contribution is 2.20. The number of benzene rings is 1. The van der Waals surface area contributed by atoms with Gasteiger partial charge in [0.05, 0.1) is 0 Å². The Balaban J connectivity index is 1.50. The van der Waals surface area contributed by atoms with Gasteiger partial charge in [0, 0.05) is 31.4 Å². The van der Waals surface area contributed by atoms with E-state index in [1.54, 1.807) is 6.07 Å². The maximum Gasteiger partial charge on any atom is 0.248 e. The van der Waals surface area contributed by atoms with E-state index in [9.17, 15) is 4.79 Å². The van der Waals surface area contributed by atoms with Crippen molar-refractivity contribution < 1.29 is 4.79 Å². The Bertz CT molecular complexity index is 716. The van der Waals surface area contributed by atoms with Crippen molar-refractivity contribution >= 4 is 11.7 Å². The average molecular weight is 324 g/mol. The summed E-state index contributed by atoms with van der Waals surface area (Å²) in [4.78, 5) is 18.1. The van der Waals surface area contributed by atoms with Crippen LogP contribution in [0.5, 0.6) is 0 Å². The van der Waals surface area contributed by atoms with Crippen LogP contribution in [0, 0.1) is 12.8 Å². The Morgan fingerprint density at radius 2 is 2.25 bits per heavy atom. The Hall–Kier alpha value is -2.40. The number of nitrogens with two attached hydrogens (primary N) is 1. The summed E-state index contributed by atoms with van der Waals surface area (Å²) in [6.07, 6.45) is 3.01. The van der Waals surface area contributed by atoms with E-state index in [4.69, 9.17) is 5.73 Å². The molecule has 2 heterocycles. The highest BCUT2D eigenvalue weighted by atomic mass is 16.1. The van der Waals surface area contributed by atoms with Crippen molar-refractivity contribution in [2.75, 3.05) is 25.0 Å². The average Bonchev–Trinajstić information content (AvgIpc) is 3.01. The second-order valence-electron chi connectivity index (χ2n) is 6.55. The van der Waals surface area contributed by atoms with Crippen LogP contribution in [0.3, 0.4) is 0 Å². The van der Waals surface area contributed by atoms with Crippen molar-refractivity contribution in [1.82, 2.24) is 9.88 Å². The number of likely N-dealkylation sites (tertiary alicyclic amines) is 1. The molecule has 126 valence electrons. The van der Waals surface area contributed by atoms with Gasteiger partial charge in [-0.25, -0.2) is 4.98 Å². The van der Waals surface area contributed by atoms with Gasteiger partial charge in [0.25, 0.3) is 0 Å². The van der Waals surface area contributed by atoms with E-state index in [0.29, 0.717) is 11.5 Å². The standard InChI is InChI=1S/C19H24N4O/c1-14-5-7-21-18(9-14)22-11-16-6-8-23(13-16)12-15-3-2-4-17(10-15)19(20)24/h2-5,7,9-10,16H,6,8,11-13H2,1H3,(H2,20,24)(H,21,22). The van der Waals surface area contributed by atoms with E-state index in [1.165, 1.54) is 12.0 Å². The topological polar surface area (TPSA) is 71.2 Å². The summed E-state index contributed by atoms with van der Waals surface area (Å²) in [5.41, 5.74) is 8.29. The molecule has 0 bridgehead atoms. The number of rotatable bonds is 6. The van der Waals surface area contributed by atoms with Crippen LogP contribution in [-0.2, 0) is 6.54 Å². The second-order valence-corrected chi connectivity index (χ2v) is 6.55. The van der Waals surface area contributed by atoms with E-state index >= 15 is 0 Å². The lowest BCUT2D eigenvalue weighted by atomic mass is 10.1. The number of aryl methyl sites for hydroxylation is 1. The lowest BCUT2D eigenvalue weighted by molar-refractivity contribution is 0.1000. The number of primary amides is 1. The molecule has 1 aliphatic rings. The maximum atomic E-state index is 11.3. The summed E-state index contributed by atoms with van der Waals surface area (Å²) in [5, 5.41) is 3.44. The van der Waals surface area contributed by atoms with E-state index in [-0.39, 0.29) is 5.91 Å². The molecule has 5 nitrogen and oxygen atoms in total. The molecule has 0 saturated carbocycles. The van der Waals surface area contributed by atoms with Gasteiger partial charge in [0.2, 0.25) is 5.91 Å². The van der Waals surface area contributed by atoms with Crippen LogP contribution in [0.1, 0.15) is 27.9 Å². The number of pyridine rings is 1. The molecule has 1 aliphatic heterocycles. The molecule has 3 rings (SSSR count). The molecule has 5 heteroatoms. The van der Waals surface area contributed by atoms with Crippen LogP contribution < -0.4 is 11.1 Å². The zero-order valence-corrected chi connectivity index (χ0v) is 14.0. The van der Waals surface area contributed by atoms with Crippen molar-refractivity contribution in [3.63, 3.8) is 0 Å². The van der Waals surface area contributed by atoms with Gasteiger partial charge in [0.15, 0.2) is 0 Å². The second kappa shape index (κ2) is 7.45. The molecule has 3 N–H and O–H groups in total. The van der Waals surface area contributed by atoms with Crippen molar-refractivity contribution in [1.29, 1.82) is 0 Å². The number of anilines is 1. The third-order valence-electron chi connectivity index (χ3n) is 4.47. The number of carbonyl (C=O) groups excluding carboxylic acids is 1. The summed E-state index contributed by atoms with van der Waals surface area (Å²) in [6, 6.07) is 11.7. The molecule has 24 heavy (non-hydrogen) atoms. The number of hydrogen-bond donors (Lipinski definition) is 2. The normalized spacial score (nSPS) is 17.8. The van der Waals surface area contributed by atoms with Gasteiger partial charge in [0.1, 0.15) is 5.82 Å². The Kier molecular flexibility index (Phi) is 5.11. The molecule has 0 aliphatic carbocycles. The quantitative estimate of drug-likeness (QED) is 0.856. The van der Waals surface area contributed by atoms with Crippen molar-refractivity contribution in [2.45, 2.75) is 19.9 Å². The van der Waals surface area contributed by atoms with Crippen LogP contribution >= 0.6 is 0 Å². The third-order valence-corrected chi connectivity index (χ3v) is 4.47. The minimum Gasteiger partial charge on any atom is -0.370 e. The first-order valence-electron chi connectivity index (χ1n) is 8.38. The van der Waals surface area contributed by atoms with Gasteiger partial charge in [-0.3, -0.25) is 9.69 Å². The van der Waals surface area contributed by atoms with Crippen LogP contribution in [0.25, 0.3) is 0 Å². The molecule has 1 fully saturated rings. The molecule has 1 amide bonds. The van der Waals surface area contributed by atoms with Gasteiger partial charge in [-0.15, -0.1) is 0 Å². The fraction of sp³-hybridized carbons (Fsp3) is 0.368. The smallest absolute Gasteiger partial charge is 0.248 e. The largest absolute Gasteiger partial charge is 0.370 e. The van der Waals surface area contributed by atoms with E-state index in [0.717, 1.165) is 37.6 Å². The lowest BCUT2D eigenvalue weighted by Gasteiger charge is -2.17. The molecule has 1 aromatic carbocycles. The number of carbonyl (C=O) groups is 1. The first-order valence-corrected chi connectivity index (χ1v) is 8.38. The molecule has 2 aromatic rings. The van der Waals surface area contributed by atoms with Gasteiger partial charge in [-0.1, -0.05) is 12.1 Å². The van der Waals surface area contributed by atoms with Crippen LogP contribution in [0.2, 0.25) is 0 Å². The van der Waals surface area contributed by atoms with Crippen molar-refractivity contribution in [2.24, 2.45) is 11.7 Å². The number of aromatic nitrogens is 1. The maximum absolute atomic E-state index is 11.3. The third kappa shape index (κ3) is 4.32. The van der Waals surface area contributed by atoms with Gasteiger partial charge in [-0.2, -0.15) is 0 Å². The SMILES string of the molecule is Cc1ccnc(NCC2CCN(Cc3cccc(C(N)=O)c3)C2)c1. The highest BCUT2D eigenvalue weighted by molar-refractivity contribution is 5.92. The fourth-order valence-electron chi connectivity index (χ4n) is 3.19. The van der Waals surface area contributed by atoms with Gasteiger partial charge < -0.3 is 11.1 Å². The summed E-state index contributed by atoms with van der Waals surface area (Å²) in [7, 11) is 0. The van der Waals surface area contributed by atoms with Gasteiger partial charge in [-0.05, 0) is 61.2 Å². The predicted molar refractivity (Wildman–Crippen MR) is 95.8 cm³/mol. The zero-order valence-electron chi connectivity index (χ0n) is 14.0. The molecular formula is C19H24N4O. The van der Waals surface area contributed by atoms with Crippen LogP contribution in [-0.4, -0.2) is 35.4 Å². The fourth-order valence-corrected chi connectivity index (χ4v) is 3.19. The molecule has 1 unspecified atom stereocenters. The van der Waals surface area contributed by atoms with E-state index in [1.807, 2.05) is 24.4 Å². The predicted octanol–water partition coefficient (Wildman–Crippen LogP) is 2.42.